The third kappa shape index (κ3) is 7.79. The lowest BCUT2D eigenvalue weighted by Crippen LogP contribution is -2.43. The van der Waals surface area contributed by atoms with Crippen LogP contribution in [0.4, 0.5) is 35.3 Å². The fourth-order valence-corrected chi connectivity index (χ4v) is 4.82. The highest BCUT2D eigenvalue weighted by molar-refractivity contribution is 6.00. The molecule has 1 aliphatic rings. The minimum atomic E-state index is -4.55. The van der Waals surface area contributed by atoms with E-state index in [-0.39, 0.29) is 5.69 Å². The lowest BCUT2D eigenvalue weighted by Gasteiger charge is -2.32. The normalized spacial score (nSPS) is 14.2. The summed E-state index contributed by atoms with van der Waals surface area (Å²) in [4.78, 5) is 30.1. The van der Waals surface area contributed by atoms with Gasteiger partial charge in [-0.1, -0.05) is 0 Å². The molecule has 0 radical (unpaired) electrons. The van der Waals surface area contributed by atoms with Gasteiger partial charge in [-0.15, -0.1) is 0 Å². The van der Waals surface area contributed by atoms with Crippen molar-refractivity contribution >= 4 is 23.4 Å². The highest BCUT2D eigenvalue weighted by atomic mass is 19.4. The van der Waals surface area contributed by atoms with Crippen molar-refractivity contribution in [3.05, 3.63) is 83.7 Å². The molecule has 44 heavy (non-hydrogen) atoms. The topological polar surface area (TPSA) is 108 Å². The molecule has 0 atom stereocenters. The van der Waals surface area contributed by atoms with E-state index in [9.17, 15) is 18.0 Å². The molecular formula is C31H33F3N8O2. The van der Waals surface area contributed by atoms with Gasteiger partial charge in [0.2, 0.25) is 11.8 Å². The number of nitrogens with zero attached hydrogens (tertiary/aromatic N) is 5. The summed E-state index contributed by atoms with van der Waals surface area (Å²) in [6.45, 7) is 5.38. The van der Waals surface area contributed by atoms with Gasteiger partial charge in [-0.25, -0.2) is 19.7 Å². The van der Waals surface area contributed by atoms with Crippen molar-refractivity contribution < 1.29 is 22.7 Å². The fourth-order valence-electron chi connectivity index (χ4n) is 4.82. The van der Waals surface area contributed by atoms with Crippen LogP contribution in [0.25, 0.3) is 11.3 Å². The number of benzene rings is 2. The highest BCUT2D eigenvalue weighted by Crippen LogP contribution is 2.34. The number of ether oxygens (including phenoxy) is 1. The van der Waals surface area contributed by atoms with Crippen LogP contribution in [0.3, 0.4) is 0 Å². The molecule has 1 saturated heterocycles. The number of pyridine rings is 1. The van der Waals surface area contributed by atoms with E-state index in [1.165, 1.54) is 0 Å². The van der Waals surface area contributed by atoms with Crippen LogP contribution >= 0.6 is 0 Å². The number of amides is 2. The van der Waals surface area contributed by atoms with Crippen LogP contribution in [0.5, 0.6) is 11.6 Å². The Morgan fingerprint density at radius 2 is 1.73 bits per heavy atom. The lowest BCUT2D eigenvalue weighted by atomic mass is 10.1. The number of likely N-dealkylation sites (N-methyl/N-ethyl adjacent to an activating group) is 1. The fraction of sp³-hybridized carbons (Fsp3) is 0.290. The number of carbonyl (C=O) groups excluding carboxylic acids is 1. The minimum absolute atomic E-state index is 0.0620. The molecule has 0 bridgehead atoms. The largest absolute Gasteiger partial charge is 0.438 e. The van der Waals surface area contributed by atoms with Crippen molar-refractivity contribution in [3.63, 3.8) is 0 Å². The Morgan fingerprint density at radius 1 is 0.955 bits per heavy atom. The van der Waals surface area contributed by atoms with Crippen LogP contribution in [-0.2, 0) is 12.7 Å². The number of aryl methyl sites for hydroxylation is 1. The summed E-state index contributed by atoms with van der Waals surface area (Å²) in [5.41, 5.74) is 2.16. The number of rotatable bonds is 8. The molecule has 2 aromatic heterocycles. The molecule has 2 aromatic carbocycles. The van der Waals surface area contributed by atoms with Gasteiger partial charge in [-0.05, 0) is 79.7 Å². The number of hydrogen-bond acceptors (Lipinski definition) is 8. The van der Waals surface area contributed by atoms with E-state index in [0.29, 0.717) is 52.2 Å². The van der Waals surface area contributed by atoms with Crippen molar-refractivity contribution in [1.82, 2.24) is 24.8 Å². The maximum Gasteiger partial charge on any atom is 0.416 e. The molecule has 0 unspecified atom stereocenters. The van der Waals surface area contributed by atoms with Gasteiger partial charge in [-0.2, -0.15) is 13.2 Å². The molecular weight excluding hydrogens is 573 g/mol. The average molecular weight is 607 g/mol. The summed E-state index contributed by atoms with van der Waals surface area (Å²) in [7, 11) is 3.74. The molecule has 3 N–H and O–H groups in total. The Kier molecular flexibility index (Phi) is 9.26. The zero-order chi connectivity index (χ0) is 31.3. The number of carbonyl (C=O) groups is 1. The molecule has 2 amide bonds. The van der Waals surface area contributed by atoms with E-state index in [1.54, 1.807) is 55.8 Å². The van der Waals surface area contributed by atoms with Crippen LogP contribution in [0, 0.1) is 6.92 Å². The van der Waals surface area contributed by atoms with E-state index in [0.717, 1.165) is 38.3 Å². The SMILES string of the molecule is CNc1nccc(-c2cccnc2Oc2ccc(NC(=O)Nc3cc(CN4CCN(C)CC4)cc(C(F)(F)F)c3)cc2C)n1. The number of alkyl halides is 3. The first kappa shape index (κ1) is 30.7. The summed E-state index contributed by atoms with van der Waals surface area (Å²) in [5.74, 6) is 1.30. The van der Waals surface area contributed by atoms with E-state index in [1.807, 2.05) is 20.0 Å². The Bertz CT molecular complexity index is 1620. The lowest BCUT2D eigenvalue weighted by molar-refractivity contribution is -0.137. The molecule has 10 nitrogen and oxygen atoms in total. The highest BCUT2D eigenvalue weighted by Gasteiger charge is 2.31. The number of urea groups is 1. The smallest absolute Gasteiger partial charge is 0.416 e. The van der Waals surface area contributed by atoms with Crippen molar-refractivity contribution in [2.24, 2.45) is 0 Å². The first-order valence-corrected chi connectivity index (χ1v) is 14.0. The number of hydrogen-bond donors (Lipinski definition) is 3. The second-order valence-electron chi connectivity index (χ2n) is 10.5. The van der Waals surface area contributed by atoms with Gasteiger partial charge in [0.05, 0.1) is 16.8 Å². The van der Waals surface area contributed by atoms with Crippen LogP contribution < -0.4 is 20.7 Å². The van der Waals surface area contributed by atoms with E-state index in [4.69, 9.17) is 4.74 Å². The molecule has 5 rings (SSSR count). The summed E-state index contributed by atoms with van der Waals surface area (Å²) >= 11 is 0. The molecule has 3 heterocycles. The van der Waals surface area contributed by atoms with Crippen molar-refractivity contribution in [2.45, 2.75) is 19.6 Å². The molecule has 0 saturated carbocycles. The first-order chi connectivity index (χ1) is 21.1. The van der Waals surface area contributed by atoms with Crippen molar-refractivity contribution in [2.75, 3.05) is 56.2 Å². The summed E-state index contributed by atoms with van der Waals surface area (Å²) in [5, 5.41) is 8.16. The van der Waals surface area contributed by atoms with E-state index in [2.05, 4.69) is 40.7 Å². The third-order valence-corrected chi connectivity index (χ3v) is 7.15. The molecule has 13 heteroatoms. The minimum Gasteiger partial charge on any atom is -0.438 e. The maximum atomic E-state index is 13.7. The van der Waals surface area contributed by atoms with Crippen molar-refractivity contribution in [1.29, 1.82) is 0 Å². The standard InChI is InChI=1S/C31H33F3N8O2/c1-20-15-23(6-7-27(20)44-28-25(5-4-9-36-28)26-8-10-37-29(35-2)40-26)38-30(43)39-24-17-21(16-22(18-24)31(32,33)34)19-42-13-11-41(3)12-14-42/h4-10,15-18H,11-14,19H2,1-3H3,(H,35,37,40)(H2,38,39,43). The second kappa shape index (κ2) is 13.3. The van der Waals surface area contributed by atoms with Gasteiger partial charge in [0, 0.05) is 63.5 Å². The third-order valence-electron chi connectivity index (χ3n) is 7.15. The van der Waals surface area contributed by atoms with Crippen molar-refractivity contribution in [3.8, 4) is 22.9 Å². The predicted octanol–water partition coefficient (Wildman–Crippen LogP) is 6.09. The molecule has 230 valence electrons. The Morgan fingerprint density at radius 3 is 2.45 bits per heavy atom. The first-order valence-electron chi connectivity index (χ1n) is 14.0. The van der Waals surface area contributed by atoms with Gasteiger partial charge in [0.15, 0.2) is 0 Å². The Balaban J connectivity index is 1.28. The monoisotopic (exact) mass is 606 g/mol. The summed E-state index contributed by atoms with van der Waals surface area (Å²) in [6.07, 6.45) is -1.30. The van der Waals surface area contributed by atoms with E-state index >= 15 is 0 Å². The molecule has 1 fully saturated rings. The number of halogens is 3. The van der Waals surface area contributed by atoms with Crippen LogP contribution in [0.15, 0.2) is 67.0 Å². The quantitative estimate of drug-likeness (QED) is 0.221. The number of aromatic nitrogens is 3. The van der Waals surface area contributed by atoms with Gasteiger partial charge in [0.25, 0.3) is 0 Å². The maximum absolute atomic E-state index is 13.7. The van der Waals surface area contributed by atoms with Crippen LogP contribution in [0.1, 0.15) is 16.7 Å². The Hall–Kier alpha value is -4.75. The summed E-state index contributed by atoms with van der Waals surface area (Å²) < 4.78 is 47.2. The summed E-state index contributed by atoms with van der Waals surface area (Å²) in [6, 6.07) is 13.4. The molecule has 0 aliphatic carbocycles. The van der Waals surface area contributed by atoms with Crippen LogP contribution in [-0.4, -0.2) is 71.1 Å². The molecule has 0 spiro atoms. The van der Waals surface area contributed by atoms with Gasteiger partial charge in [-0.3, -0.25) is 4.90 Å². The number of piperazine rings is 1. The van der Waals surface area contributed by atoms with Gasteiger partial charge >= 0.3 is 12.2 Å². The van der Waals surface area contributed by atoms with Gasteiger partial charge in [0.1, 0.15) is 5.75 Å². The zero-order valence-corrected chi connectivity index (χ0v) is 24.6. The van der Waals surface area contributed by atoms with Gasteiger partial charge < -0.3 is 25.6 Å². The van der Waals surface area contributed by atoms with E-state index < -0.39 is 17.8 Å². The number of anilines is 3. The zero-order valence-electron chi connectivity index (χ0n) is 24.6. The molecule has 1 aliphatic heterocycles. The second-order valence-corrected chi connectivity index (χ2v) is 10.5. The predicted molar refractivity (Wildman–Crippen MR) is 163 cm³/mol. The average Bonchev–Trinajstić information content (AvgIpc) is 2.99. The molecule has 4 aromatic rings. The van der Waals surface area contributed by atoms with Crippen LogP contribution in [0.2, 0.25) is 0 Å². The Labute approximate surface area is 253 Å². The number of nitrogens with one attached hydrogen (secondary N) is 3.